The molecule has 0 unspecified atom stereocenters. The minimum Gasteiger partial charge on any atom is -0.328 e. The molecule has 2 heterocycles. The monoisotopic (exact) mass is 376 g/mol. The minimum atomic E-state index is 0.0435. The highest BCUT2D eigenvalue weighted by atomic mass is 32.1. The van der Waals surface area contributed by atoms with Crippen LogP contribution in [0.4, 0.5) is 5.00 Å². The zero-order valence-corrected chi connectivity index (χ0v) is 17.3. The van der Waals surface area contributed by atoms with Gasteiger partial charge in [0, 0.05) is 4.88 Å². The summed E-state index contributed by atoms with van der Waals surface area (Å²) >= 11 is 1.63. The van der Waals surface area contributed by atoms with Crippen LogP contribution in [-0.2, 0) is 17.6 Å². The first-order chi connectivity index (χ1) is 12.3. The Kier molecular flexibility index (Phi) is 5.71. The molecule has 142 valence electrons. The van der Waals surface area contributed by atoms with Crippen molar-refractivity contribution in [3.8, 4) is 6.07 Å². The van der Waals surface area contributed by atoms with Crippen LogP contribution >= 0.6 is 11.3 Å². The molecule has 1 aliphatic heterocycles. The van der Waals surface area contributed by atoms with E-state index in [4.69, 9.17) is 0 Å². The standard InChI is InChI=1S/C20H30N4OS/c1-20(2,3)14-5-6-15-16(12-21)19(26-17(15)11-14)22-18(25)13-24-9-7-23(4)8-10-24/h14H,5-11,13H2,1-4H3,(H,22,25)/p+2/t14-/m1/s1. The lowest BCUT2D eigenvalue weighted by Gasteiger charge is -2.33. The molecule has 1 atom stereocenters. The van der Waals surface area contributed by atoms with E-state index in [1.165, 1.54) is 15.3 Å². The molecule has 1 aromatic rings. The van der Waals surface area contributed by atoms with Crippen molar-refractivity contribution in [1.29, 1.82) is 5.26 Å². The number of nitrogens with one attached hydrogen (secondary N) is 3. The summed E-state index contributed by atoms with van der Waals surface area (Å²) in [6, 6.07) is 2.36. The lowest BCUT2D eigenvalue weighted by molar-refractivity contribution is -0.999. The molecule has 0 radical (unpaired) electrons. The van der Waals surface area contributed by atoms with Gasteiger partial charge in [-0.05, 0) is 36.2 Å². The molecule has 1 saturated heterocycles. The molecule has 0 bridgehead atoms. The summed E-state index contributed by atoms with van der Waals surface area (Å²) in [5.74, 6) is 0.683. The van der Waals surface area contributed by atoms with E-state index in [1.54, 1.807) is 16.2 Å². The van der Waals surface area contributed by atoms with Crippen molar-refractivity contribution in [3.05, 3.63) is 16.0 Å². The molecule has 1 fully saturated rings. The van der Waals surface area contributed by atoms with Gasteiger partial charge in [-0.25, -0.2) is 0 Å². The highest BCUT2D eigenvalue weighted by molar-refractivity contribution is 7.16. The molecular formula is C20H32N4OS+2. The molecule has 1 amide bonds. The molecule has 6 heteroatoms. The minimum absolute atomic E-state index is 0.0435. The Balaban J connectivity index is 1.68. The first kappa shape index (κ1) is 19.3. The predicted molar refractivity (Wildman–Crippen MR) is 105 cm³/mol. The molecule has 0 spiro atoms. The van der Waals surface area contributed by atoms with Crippen molar-refractivity contribution < 1.29 is 14.6 Å². The van der Waals surface area contributed by atoms with Gasteiger partial charge in [-0.3, -0.25) is 4.79 Å². The number of nitriles is 1. The van der Waals surface area contributed by atoms with Gasteiger partial charge < -0.3 is 15.1 Å². The number of likely N-dealkylation sites (N-methyl/N-ethyl adjacent to an activating group) is 1. The van der Waals surface area contributed by atoms with Gasteiger partial charge in [-0.15, -0.1) is 11.3 Å². The molecule has 3 N–H and O–H groups in total. The van der Waals surface area contributed by atoms with Gasteiger partial charge >= 0.3 is 0 Å². The maximum Gasteiger partial charge on any atom is 0.280 e. The Hall–Kier alpha value is -1.42. The second kappa shape index (κ2) is 7.67. The number of hydrogen-bond donors (Lipinski definition) is 3. The second-order valence-electron chi connectivity index (χ2n) is 9.06. The number of carbonyl (C=O) groups is 1. The summed E-state index contributed by atoms with van der Waals surface area (Å²) in [5.41, 5.74) is 2.18. The van der Waals surface area contributed by atoms with Crippen LogP contribution in [0.1, 0.15) is 43.2 Å². The number of piperazine rings is 1. The number of amides is 1. The Morgan fingerprint density at radius 2 is 2.00 bits per heavy atom. The van der Waals surface area contributed by atoms with E-state index in [0.717, 1.165) is 50.4 Å². The number of anilines is 1. The Bertz CT molecular complexity index is 705. The van der Waals surface area contributed by atoms with Crippen LogP contribution in [0.5, 0.6) is 0 Å². The predicted octanol–water partition coefficient (Wildman–Crippen LogP) is 0.122. The molecule has 1 aliphatic carbocycles. The van der Waals surface area contributed by atoms with Crippen LogP contribution in [0.15, 0.2) is 0 Å². The summed E-state index contributed by atoms with van der Waals surface area (Å²) in [6.07, 6.45) is 3.11. The molecule has 0 saturated carbocycles. The van der Waals surface area contributed by atoms with E-state index >= 15 is 0 Å². The fraction of sp³-hybridized carbons (Fsp3) is 0.700. The Morgan fingerprint density at radius 1 is 1.31 bits per heavy atom. The van der Waals surface area contributed by atoms with E-state index in [9.17, 15) is 10.1 Å². The number of rotatable bonds is 3. The molecule has 0 aromatic carbocycles. The van der Waals surface area contributed by atoms with Crippen LogP contribution in [0, 0.1) is 22.7 Å². The van der Waals surface area contributed by atoms with Crippen molar-refractivity contribution in [2.24, 2.45) is 11.3 Å². The molecule has 1 aromatic heterocycles. The fourth-order valence-electron chi connectivity index (χ4n) is 4.14. The third-order valence-corrected chi connectivity index (χ3v) is 7.25. The number of carbonyl (C=O) groups excluding carboxylic acids is 1. The average Bonchev–Trinajstić information content (AvgIpc) is 2.92. The van der Waals surface area contributed by atoms with Crippen LogP contribution in [0.2, 0.25) is 0 Å². The summed E-state index contributed by atoms with van der Waals surface area (Å²) < 4.78 is 0. The third kappa shape index (κ3) is 4.28. The van der Waals surface area contributed by atoms with Crippen LogP contribution in [0.25, 0.3) is 0 Å². The molecule has 26 heavy (non-hydrogen) atoms. The highest BCUT2D eigenvalue weighted by Crippen LogP contribution is 2.43. The first-order valence-corrected chi connectivity index (χ1v) is 10.6. The molecule has 2 aliphatic rings. The fourth-order valence-corrected chi connectivity index (χ4v) is 5.43. The van der Waals surface area contributed by atoms with Crippen LogP contribution in [0.3, 0.4) is 0 Å². The first-order valence-electron chi connectivity index (χ1n) is 9.77. The topological polar surface area (TPSA) is 61.8 Å². The maximum atomic E-state index is 12.5. The van der Waals surface area contributed by atoms with Gasteiger partial charge in [0.2, 0.25) is 0 Å². The summed E-state index contributed by atoms with van der Waals surface area (Å²) in [6.45, 7) is 11.7. The average molecular weight is 377 g/mol. The van der Waals surface area contributed by atoms with E-state index in [-0.39, 0.29) is 11.3 Å². The third-order valence-electron chi connectivity index (χ3n) is 6.08. The molecular weight excluding hydrogens is 344 g/mol. The van der Waals surface area contributed by atoms with Crippen LogP contribution < -0.4 is 15.1 Å². The largest absolute Gasteiger partial charge is 0.328 e. The quantitative estimate of drug-likeness (QED) is 0.702. The van der Waals surface area contributed by atoms with Gasteiger partial charge in [0.1, 0.15) is 37.2 Å². The summed E-state index contributed by atoms with van der Waals surface area (Å²) in [5, 5.41) is 13.5. The van der Waals surface area contributed by atoms with Gasteiger partial charge in [-0.1, -0.05) is 20.8 Å². The van der Waals surface area contributed by atoms with Crippen molar-refractivity contribution in [1.82, 2.24) is 0 Å². The second-order valence-corrected chi connectivity index (χ2v) is 10.2. The zero-order chi connectivity index (χ0) is 18.9. The van der Waals surface area contributed by atoms with Gasteiger partial charge in [-0.2, -0.15) is 5.26 Å². The van der Waals surface area contributed by atoms with Gasteiger partial charge in [0.15, 0.2) is 6.54 Å². The number of fused-ring (bicyclic) bond motifs is 1. The zero-order valence-electron chi connectivity index (χ0n) is 16.5. The Labute approximate surface area is 161 Å². The SMILES string of the molecule is C[NH+]1CC[NH+](CC(=O)Nc2sc3c(c2C#N)CC[C@@H](C(C)(C)C)C3)CC1. The van der Waals surface area contributed by atoms with E-state index in [0.29, 0.717) is 18.0 Å². The number of quaternary nitrogens is 2. The van der Waals surface area contributed by atoms with Crippen LogP contribution in [-0.4, -0.2) is 45.7 Å². The summed E-state index contributed by atoms with van der Waals surface area (Å²) in [7, 11) is 2.21. The normalized spacial score (nSPS) is 26.0. The summed E-state index contributed by atoms with van der Waals surface area (Å²) in [4.78, 5) is 16.7. The highest BCUT2D eigenvalue weighted by Gasteiger charge is 2.32. The number of hydrogen-bond acceptors (Lipinski definition) is 3. The van der Waals surface area contributed by atoms with E-state index in [2.05, 4.69) is 39.2 Å². The van der Waals surface area contributed by atoms with Crippen molar-refractivity contribution in [2.75, 3.05) is 45.1 Å². The van der Waals surface area contributed by atoms with E-state index < -0.39 is 0 Å². The molecule has 3 rings (SSSR count). The number of nitrogens with zero attached hydrogens (tertiary/aromatic N) is 1. The van der Waals surface area contributed by atoms with Crippen molar-refractivity contribution >= 4 is 22.2 Å². The maximum absolute atomic E-state index is 12.5. The van der Waals surface area contributed by atoms with E-state index in [1.807, 2.05) is 0 Å². The molecule has 5 nitrogen and oxygen atoms in total. The van der Waals surface area contributed by atoms with Crippen molar-refractivity contribution in [2.45, 2.75) is 40.0 Å². The van der Waals surface area contributed by atoms with Gasteiger partial charge in [0.25, 0.3) is 5.91 Å². The smallest absolute Gasteiger partial charge is 0.280 e. The Morgan fingerprint density at radius 3 is 2.62 bits per heavy atom. The lowest BCUT2D eigenvalue weighted by Crippen LogP contribution is -3.27. The lowest BCUT2D eigenvalue weighted by atomic mass is 9.72. The van der Waals surface area contributed by atoms with Gasteiger partial charge in [0.05, 0.1) is 12.6 Å². The van der Waals surface area contributed by atoms with Crippen molar-refractivity contribution in [3.63, 3.8) is 0 Å². The number of thiophene rings is 1.